The largest absolute Gasteiger partial charge is 0.309 e. The van der Waals surface area contributed by atoms with Gasteiger partial charge in [0.2, 0.25) is 0 Å². The molecular formula is C58H36N6. The van der Waals surface area contributed by atoms with E-state index in [0.717, 1.165) is 83.2 Å². The van der Waals surface area contributed by atoms with Crippen LogP contribution in [0.3, 0.4) is 0 Å². The summed E-state index contributed by atoms with van der Waals surface area (Å²) in [5.41, 5.74) is 14.0. The van der Waals surface area contributed by atoms with Crippen molar-refractivity contribution in [2.45, 2.75) is 0 Å². The molecule has 298 valence electrons. The minimum Gasteiger partial charge on any atom is -0.309 e. The van der Waals surface area contributed by atoms with Crippen molar-refractivity contribution in [3.8, 4) is 73.9 Å². The molecular weight excluding hydrogens is 781 g/mol. The number of hydrogen-bond donors (Lipinski definition) is 0. The third-order valence-corrected chi connectivity index (χ3v) is 12.2. The normalized spacial score (nSPS) is 11.4. The van der Waals surface area contributed by atoms with E-state index in [9.17, 15) is 5.26 Å². The third kappa shape index (κ3) is 6.22. The van der Waals surface area contributed by atoms with Gasteiger partial charge in [-0.05, 0) is 95.1 Å². The van der Waals surface area contributed by atoms with E-state index in [1.54, 1.807) is 0 Å². The van der Waals surface area contributed by atoms with Gasteiger partial charge in [-0.15, -0.1) is 0 Å². The molecule has 0 unspecified atom stereocenters. The van der Waals surface area contributed by atoms with Gasteiger partial charge in [0.1, 0.15) is 0 Å². The summed E-state index contributed by atoms with van der Waals surface area (Å²) in [5, 5.41) is 14.3. The maximum absolute atomic E-state index is 9.69. The van der Waals surface area contributed by atoms with Crippen molar-refractivity contribution in [2.24, 2.45) is 0 Å². The van der Waals surface area contributed by atoms with Gasteiger partial charge < -0.3 is 9.13 Å². The second-order valence-corrected chi connectivity index (χ2v) is 16.0. The standard InChI is InChI=1S/C58H36N6/c59-37-38-15-14-20-41(33-38)42-28-31-54-49(34-42)47-24-11-13-26-52(47)64(54)55-32-29-44(43-27-30-53-48(35-43)46-23-10-12-25-51(46)63(53)45-21-8-3-9-22-45)36-50(55)58-61-56(39-16-4-1-5-17-39)60-57(62-58)40-18-6-2-7-19-40/h1-36H. The average molecular weight is 817 g/mol. The molecule has 0 atom stereocenters. The lowest BCUT2D eigenvalue weighted by Crippen LogP contribution is -2.04. The number of aromatic nitrogens is 5. The summed E-state index contributed by atoms with van der Waals surface area (Å²) >= 11 is 0. The summed E-state index contributed by atoms with van der Waals surface area (Å²) in [5.74, 6) is 1.77. The molecule has 9 aromatic carbocycles. The van der Waals surface area contributed by atoms with Gasteiger partial charge in [-0.1, -0.05) is 146 Å². The highest BCUT2D eigenvalue weighted by atomic mass is 15.1. The second-order valence-electron chi connectivity index (χ2n) is 16.0. The Bertz CT molecular complexity index is 3730. The Balaban J connectivity index is 1.12. The molecule has 3 heterocycles. The van der Waals surface area contributed by atoms with Crippen LogP contribution in [0.4, 0.5) is 0 Å². The van der Waals surface area contributed by atoms with E-state index in [4.69, 9.17) is 15.0 Å². The van der Waals surface area contributed by atoms with Crippen molar-refractivity contribution in [1.29, 1.82) is 5.26 Å². The smallest absolute Gasteiger partial charge is 0.166 e. The van der Waals surface area contributed by atoms with E-state index >= 15 is 0 Å². The van der Waals surface area contributed by atoms with Crippen LogP contribution >= 0.6 is 0 Å². The molecule has 0 spiro atoms. The van der Waals surface area contributed by atoms with Crippen LogP contribution in [0.2, 0.25) is 0 Å². The molecule has 6 nitrogen and oxygen atoms in total. The summed E-state index contributed by atoms with van der Waals surface area (Å²) in [4.78, 5) is 15.7. The highest BCUT2D eigenvalue weighted by molar-refractivity contribution is 6.12. The third-order valence-electron chi connectivity index (χ3n) is 12.2. The summed E-state index contributed by atoms with van der Waals surface area (Å²) in [6.45, 7) is 0. The van der Waals surface area contributed by atoms with Crippen molar-refractivity contribution in [2.75, 3.05) is 0 Å². The second kappa shape index (κ2) is 15.2. The zero-order valence-corrected chi connectivity index (χ0v) is 34.5. The molecule has 0 N–H and O–H groups in total. The van der Waals surface area contributed by atoms with Crippen molar-refractivity contribution < 1.29 is 0 Å². The fourth-order valence-corrected chi connectivity index (χ4v) is 9.21. The topological polar surface area (TPSA) is 72.3 Å². The van der Waals surface area contributed by atoms with Gasteiger partial charge in [0, 0.05) is 43.9 Å². The molecule has 0 fully saturated rings. The van der Waals surface area contributed by atoms with Crippen molar-refractivity contribution >= 4 is 43.6 Å². The van der Waals surface area contributed by atoms with Crippen LogP contribution in [0.5, 0.6) is 0 Å². The predicted octanol–water partition coefficient (Wildman–Crippen LogP) is 14.3. The number of fused-ring (bicyclic) bond motifs is 6. The molecule has 0 aliphatic carbocycles. The molecule has 3 aromatic heterocycles. The molecule has 12 rings (SSSR count). The maximum Gasteiger partial charge on any atom is 0.166 e. The van der Waals surface area contributed by atoms with E-state index in [-0.39, 0.29) is 0 Å². The van der Waals surface area contributed by atoms with Crippen molar-refractivity contribution in [3.63, 3.8) is 0 Å². The van der Waals surface area contributed by atoms with Crippen LogP contribution in [-0.4, -0.2) is 24.1 Å². The van der Waals surface area contributed by atoms with Crippen LogP contribution in [0.25, 0.3) is 111 Å². The Morgan fingerprint density at radius 2 is 0.781 bits per heavy atom. The van der Waals surface area contributed by atoms with Crippen LogP contribution in [-0.2, 0) is 0 Å². The number of rotatable bonds is 7. The minimum atomic E-state index is 0.571. The molecule has 0 bridgehead atoms. The first-order valence-electron chi connectivity index (χ1n) is 21.3. The molecule has 0 saturated heterocycles. The maximum atomic E-state index is 9.69. The SMILES string of the molecule is N#Cc1cccc(-c2ccc3c(c2)c2ccccc2n3-c2ccc(-c3ccc4c(c3)c3ccccc3n4-c3ccccc3)cc2-c2nc(-c3ccccc3)nc(-c3ccccc3)n2)c1. The number of para-hydroxylation sites is 3. The average Bonchev–Trinajstić information content (AvgIpc) is 3.89. The van der Waals surface area contributed by atoms with E-state index in [1.807, 2.05) is 78.9 Å². The Kier molecular flexibility index (Phi) is 8.77. The Labute approximate surface area is 369 Å². The summed E-state index contributed by atoms with van der Waals surface area (Å²) < 4.78 is 4.68. The van der Waals surface area contributed by atoms with Crippen LogP contribution < -0.4 is 0 Å². The quantitative estimate of drug-likeness (QED) is 0.161. The fourth-order valence-electron chi connectivity index (χ4n) is 9.21. The molecule has 0 aliphatic heterocycles. The first-order valence-corrected chi connectivity index (χ1v) is 21.3. The molecule has 64 heavy (non-hydrogen) atoms. The Morgan fingerprint density at radius 3 is 1.39 bits per heavy atom. The van der Waals surface area contributed by atoms with Crippen LogP contribution in [0.15, 0.2) is 218 Å². The highest BCUT2D eigenvalue weighted by Gasteiger charge is 2.22. The Hall–Kier alpha value is -8.92. The summed E-state index contributed by atoms with van der Waals surface area (Å²) in [6.07, 6.45) is 0. The molecule has 0 saturated carbocycles. The summed E-state index contributed by atoms with van der Waals surface area (Å²) in [6, 6.07) is 78.1. The van der Waals surface area contributed by atoms with Gasteiger partial charge in [0.25, 0.3) is 0 Å². The summed E-state index contributed by atoms with van der Waals surface area (Å²) in [7, 11) is 0. The van der Waals surface area contributed by atoms with Crippen LogP contribution in [0, 0.1) is 11.3 Å². The minimum absolute atomic E-state index is 0.571. The van der Waals surface area contributed by atoms with Gasteiger partial charge in [-0.25, -0.2) is 15.0 Å². The molecule has 12 aromatic rings. The van der Waals surface area contributed by atoms with E-state index in [2.05, 4.69) is 155 Å². The van der Waals surface area contributed by atoms with Gasteiger partial charge >= 0.3 is 0 Å². The predicted molar refractivity (Wildman–Crippen MR) is 260 cm³/mol. The number of hydrogen-bond acceptors (Lipinski definition) is 4. The van der Waals surface area contributed by atoms with Crippen molar-refractivity contribution in [1.82, 2.24) is 24.1 Å². The van der Waals surface area contributed by atoms with E-state index in [1.165, 1.54) is 10.8 Å². The number of nitrogens with zero attached hydrogens (tertiary/aromatic N) is 6. The van der Waals surface area contributed by atoms with Gasteiger partial charge in [0.15, 0.2) is 17.5 Å². The number of nitriles is 1. The fraction of sp³-hybridized carbons (Fsp3) is 0. The zero-order valence-electron chi connectivity index (χ0n) is 34.5. The molecule has 0 radical (unpaired) electrons. The molecule has 0 aliphatic rings. The lowest BCUT2D eigenvalue weighted by atomic mass is 9.99. The highest BCUT2D eigenvalue weighted by Crippen LogP contribution is 2.41. The monoisotopic (exact) mass is 816 g/mol. The van der Waals surface area contributed by atoms with Gasteiger partial charge in [-0.3, -0.25) is 0 Å². The van der Waals surface area contributed by atoms with E-state index < -0.39 is 0 Å². The first kappa shape index (κ1) is 36.9. The van der Waals surface area contributed by atoms with Gasteiger partial charge in [0.05, 0.1) is 39.4 Å². The van der Waals surface area contributed by atoms with Crippen molar-refractivity contribution in [3.05, 3.63) is 224 Å². The Morgan fingerprint density at radius 1 is 0.328 bits per heavy atom. The van der Waals surface area contributed by atoms with E-state index in [0.29, 0.717) is 23.0 Å². The van der Waals surface area contributed by atoms with Crippen LogP contribution in [0.1, 0.15) is 5.56 Å². The zero-order chi connectivity index (χ0) is 42.6. The number of benzene rings is 9. The molecule has 6 heteroatoms. The lowest BCUT2D eigenvalue weighted by molar-refractivity contribution is 1.06. The lowest BCUT2D eigenvalue weighted by Gasteiger charge is -2.16. The van der Waals surface area contributed by atoms with Gasteiger partial charge in [-0.2, -0.15) is 5.26 Å². The molecule has 0 amide bonds. The first-order chi connectivity index (χ1) is 31.7.